The molecule has 0 aromatic rings. The van der Waals surface area contributed by atoms with Crippen molar-refractivity contribution in [2.24, 2.45) is 0 Å². The molecule has 0 rings (SSSR count). The fourth-order valence-electron chi connectivity index (χ4n) is 0.141. The normalized spacial score (nSPS) is 13.7. The molecule has 0 N–H and O–H groups in total. The van der Waals surface area contributed by atoms with E-state index >= 15 is 0 Å². The molecule has 0 spiro atoms. The molecule has 0 fully saturated rings. The van der Waals surface area contributed by atoms with Crippen molar-refractivity contribution >= 4 is 15.0 Å². The van der Waals surface area contributed by atoms with Gasteiger partial charge in [0.05, 0.1) is 0 Å². The van der Waals surface area contributed by atoms with E-state index in [2.05, 4.69) is 0 Å². The third-order valence-electron chi connectivity index (χ3n) is 0.791. The monoisotopic (exact) mass is 168 g/mol. The first-order chi connectivity index (χ1) is 3.18. The number of hydrogen-bond donors (Lipinski definition) is 0. The van der Waals surface area contributed by atoms with Crippen LogP contribution < -0.4 is 0 Å². The molecule has 7 heavy (non-hydrogen) atoms. The Morgan fingerprint density at radius 2 is 1.86 bits per heavy atom. The van der Waals surface area contributed by atoms with E-state index in [9.17, 15) is 4.39 Å². The van der Waals surface area contributed by atoms with Crippen LogP contribution in [-0.2, 0) is 0 Å². The standard InChI is InChI=1S/C5H9FSe/c1-4(6)5(2)7-3/h1-3H3/b5-4+. The Hall–Kier alpha value is 0.189. The van der Waals surface area contributed by atoms with Gasteiger partial charge in [-0.3, -0.25) is 0 Å². The molecule has 0 amide bonds. The van der Waals surface area contributed by atoms with Crippen LogP contribution >= 0.6 is 0 Å². The maximum absolute atomic E-state index is 12.0. The van der Waals surface area contributed by atoms with E-state index in [-0.39, 0.29) is 5.83 Å². The molecule has 0 aromatic heterocycles. The van der Waals surface area contributed by atoms with Gasteiger partial charge in [-0.1, -0.05) is 0 Å². The van der Waals surface area contributed by atoms with E-state index < -0.39 is 0 Å². The van der Waals surface area contributed by atoms with Crippen LogP contribution in [-0.4, -0.2) is 15.0 Å². The average molecular weight is 167 g/mol. The SMILES string of the molecule is C[Se]/C(C)=C(\C)F. The molecule has 0 atom stereocenters. The second-order valence-electron chi connectivity index (χ2n) is 1.29. The van der Waals surface area contributed by atoms with Crippen molar-refractivity contribution in [2.45, 2.75) is 19.7 Å². The van der Waals surface area contributed by atoms with Gasteiger partial charge >= 0.3 is 49.3 Å². The van der Waals surface area contributed by atoms with E-state index in [4.69, 9.17) is 0 Å². The molecule has 0 nitrogen and oxygen atoms in total. The minimum absolute atomic E-state index is 0.0116. The van der Waals surface area contributed by atoms with E-state index in [1.165, 1.54) is 6.92 Å². The van der Waals surface area contributed by atoms with Crippen LogP contribution in [0.25, 0.3) is 0 Å². The van der Waals surface area contributed by atoms with E-state index in [0.717, 1.165) is 4.47 Å². The van der Waals surface area contributed by atoms with Gasteiger partial charge in [-0.05, 0) is 0 Å². The summed E-state index contributed by atoms with van der Waals surface area (Å²) in [5.41, 5.74) is 0. The molecule has 0 aromatic carbocycles. The van der Waals surface area contributed by atoms with Crippen molar-refractivity contribution < 1.29 is 4.39 Å². The van der Waals surface area contributed by atoms with E-state index in [1.807, 2.05) is 12.7 Å². The number of rotatable bonds is 1. The second kappa shape index (κ2) is 3.22. The zero-order valence-corrected chi connectivity index (χ0v) is 6.50. The van der Waals surface area contributed by atoms with Gasteiger partial charge in [0.15, 0.2) is 0 Å². The Kier molecular flexibility index (Phi) is 3.31. The number of allylic oxidation sites excluding steroid dienone is 2. The third-order valence-corrected chi connectivity index (χ3v) is 2.67. The Balaban J connectivity index is 3.72. The molecule has 0 aliphatic carbocycles. The Labute approximate surface area is 50.0 Å². The van der Waals surface area contributed by atoms with Crippen LogP contribution in [0.3, 0.4) is 0 Å². The molecule has 0 aliphatic rings. The topological polar surface area (TPSA) is 0 Å². The Morgan fingerprint density at radius 1 is 1.43 bits per heavy atom. The molecule has 0 saturated carbocycles. The Bertz CT molecular complexity index is 82.1. The van der Waals surface area contributed by atoms with Crippen molar-refractivity contribution in [1.29, 1.82) is 0 Å². The summed E-state index contributed by atoms with van der Waals surface area (Å²) in [6.45, 7) is 3.33. The Morgan fingerprint density at radius 3 is 1.86 bits per heavy atom. The number of halogens is 1. The third kappa shape index (κ3) is 2.84. The van der Waals surface area contributed by atoms with Crippen LogP contribution in [0.1, 0.15) is 13.8 Å². The molecular formula is C5H9FSe. The average Bonchev–Trinajstić information content (AvgIpc) is 1.65. The van der Waals surface area contributed by atoms with Gasteiger partial charge in [0.25, 0.3) is 0 Å². The first kappa shape index (κ1) is 7.19. The van der Waals surface area contributed by atoms with Gasteiger partial charge in [-0.15, -0.1) is 0 Å². The van der Waals surface area contributed by atoms with E-state index in [0.29, 0.717) is 15.0 Å². The second-order valence-corrected chi connectivity index (χ2v) is 3.44. The summed E-state index contributed by atoms with van der Waals surface area (Å²) in [7, 11) is 0. The van der Waals surface area contributed by atoms with Crippen LogP contribution in [0.4, 0.5) is 4.39 Å². The van der Waals surface area contributed by atoms with Gasteiger partial charge in [0.2, 0.25) is 0 Å². The molecule has 2 heteroatoms. The molecule has 0 aliphatic heterocycles. The molecule has 0 heterocycles. The summed E-state index contributed by atoms with van der Waals surface area (Å²) in [6, 6.07) is 0. The van der Waals surface area contributed by atoms with Gasteiger partial charge in [0.1, 0.15) is 0 Å². The number of hydrogen-bond acceptors (Lipinski definition) is 0. The quantitative estimate of drug-likeness (QED) is 0.523. The van der Waals surface area contributed by atoms with Crippen LogP contribution in [0.2, 0.25) is 5.82 Å². The van der Waals surface area contributed by atoms with Gasteiger partial charge in [-0.25, -0.2) is 0 Å². The molecule has 0 radical (unpaired) electrons. The summed E-state index contributed by atoms with van der Waals surface area (Å²) in [5, 5.41) is 0. The molecule has 0 saturated heterocycles. The van der Waals surface area contributed by atoms with Crippen molar-refractivity contribution in [3.8, 4) is 0 Å². The maximum atomic E-state index is 12.0. The van der Waals surface area contributed by atoms with Gasteiger partial charge in [-0.2, -0.15) is 0 Å². The molecule has 0 unspecified atom stereocenters. The summed E-state index contributed by atoms with van der Waals surface area (Å²) in [6.07, 6.45) is 0. The van der Waals surface area contributed by atoms with E-state index in [1.54, 1.807) is 0 Å². The first-order valence-electron chi connectivity index (χ1n) is 2.05. The summed E-state index contributed by atoms with van der Waals surface area (Å²) in [5.74, 6) is 1.99. The predicted molar refractivity (Wildman–Crippen MR) is 31.1 cm³/mol. The van der Waals surface area contributed by atoms with Gasteiger partial charge in [0, 0.05) is 0 Å². The van der Waals surface area contributed by atoms with Crippen LogP contribution in [0.5, 0.6) is 0 Å². The minimum atomic E-state index is -0.0116. The molecule has 42 valence electrons. The molecular weight excluding hydrogens is 158 g/mol. The van der Waals surface area contributed by atoms with Crippen molar-refractivity contribution in [3.05, 3.63) is 10.3 Å². The summed E-state index contributed by atoms with van der Waals surface area (Å²) in [4.78, 5) is 0. The summed E-state index contributed by atoms with van der Waals surface area (Å²) >= 11 is 0.360. The van der Waals surface area contributed by atoms with Crippen molar-refractivity contribution in [3.63, 3.8) is 0 Å². The fourth-order valence-corrected chi connectivity index (χ4v) is 0.731. The fraction of sp³-hybridized carbons (Fsp3) is 0.600. The van der Waals surface area contributed by atoms with Crippen LogP contribution in [0.15, 0.2) is 10.3 Å². The van der Waals surface area contributed by atoms with Crippen molar-refractivity contribution in [1.82, 2.24) is 0 Å². The van der Waals surface area contributed by atoms with Gasteiger partial charge < -0.3 is 0 Å². The predicted octanol–water partition coefficient (Wildman–Crippen LogP) is 1.96. The first-order valence-corrected chi connectivity index (χ1v) is 4.62. The van der Waals surface area contributed by atoms with Crippen LogP contribution in [0, 0.1) is 0 Å². The zero-order chi connectivity index (χ0) is 5.86. The molecule has 0 bridgehead atoms. The van der Waals surface area contributed by atoms with Crippen molar-refractivity contribution in [2.75, 3.05) is 0 Å². The summed E-state index contributed by atoms with van der Waals surface area (Å²) < 4.78 is 12.9. The zero-order valence-electron chi connectivity index (χ0n) is 4.79.